The van der Waals surface area contributed by atoms with Gasteiger partial charge in [0.25, 0.3) is 0 Å². The highest BCUT2D eigenvalue weighted by Crippen LogP contribution is 2.65. The Morgan fingerprint density at radius 3 is 2.32 bits per heavy atom. The molecule has 3 heteroatoms. The van der Waals surface area contributed by atoms with Crippen LogP contribution in [0.2, 0.25) is 0 Å². The molecule has 3 nitrogen and oxygen atoms in total. The summed E-state index contributed by atoms with van der Waals surface area (Å²) in [5, 5.41) is 0. The van der Waals surface area contributed by atoms with Crippen molar-refractivity contribution in [2.75, 3.05) is 13.1 Å². The Morgan fingerprint density at radius 1 is 1.32 bits per heavy atom. The van der Waals surface area contributed by atoms with Crippen molar-refractivity contribution < 1.29 is 9.59 Å². The lowest BCUT2D eigenvalue weighted by molar-refractivity contribution is -0.127. The van der Waals surface area contributed by atoms with Crippen LogP contribution in [-0.4, -0.2) is 29.7 Å². The quantitative estimate of drug-likeness (QED) is 0.734. The van der Waals surface area contributed by atoms with Gasteiger partial charge in [0.15, 0.2) is 5.78 Å². The molecule has 0 radical (unpaired) electrons. The maximum Gasteiger partial charge on any atom is 0.246 e. The fraction of sp³-hybridized carbons (Fsp3) is 0.750. The number of nitrogens with zero attached hydrogens (tertiary/aromatic N) is 1. The van der Waals surface area contributed by atoms with Gasteiger partial charge in [0.2, 0.25) is 5.91 Å². The predicted molar refractivity (Wildman–Crippen MR) is 75.6 cm³/mol. The van der Waals surface area contributed by atoms with Crippen LogP contribution in [0.5, 0.6) is 0 Å². The molecule has 2 fully saturated rings. The van der Waals surface area contributed by atoms with Crippen LogP contribution in [0.15, 0.2) is 11.6 Å². The molecule has 2 atom stereocenters. The summed E-state index contributed by atoms with van der Waals surface area (Å²) in [4.78, 5) is 26.6. The smallest absolute Gasteiger partial charge is 0.246 e. The highest BCUT2D eigenvalue weighted by molar-refractivity contribution is 6.08. The van der Waals surface area contributed by atoms with Gasteiger partial charge in [0, 0.05) is 30.2 Å². The fourth-order valence-electron chi connectivity index (χ4n) is 3.85. The van der Waals surface area contributed by atoms with E-state index >= 15 is 0 Å². The van der Waals surface area contributed by atoms with Gasteiger partial charge >= 0.3 is 0 Å². The summed E-state index contributed by atoms with van der Waals surface area (Å²) in [5.41, 5.74) is 0.489. The number of carbonyl (C=O) groups excluding carboxylic acids is 2. The van der Waals surface area contributed by atoms with Crippen LogP contribution in [0.3, 0.4) is 0 Å². The van der Waals surface area contributed by atoms with Crippen molar-refractivity contribution in [3.05, 3.63) is 11.6 Å². The van der Waals surface area contributed by atoms with Crippen molar-refractivity contribution in [2.24, 2.45) is 16.7 Å². The summed E-state index contributed by atoms with van der Waals surface area (Å²) < 4.78 is 0. The number of allylic oxidation sites excluding steroid dienone is 1. The number of fused-ring (bicyclic) bond motifs is 2. The molecule has 0 aromatic rings. The first-order valence-corrected chi connectivity index (χ1v) is 7.35. The molecule has 2 aliphatic carbocycles. The van der Waals surface area contributed by atoms with E-state index in [2.05, 4.69) is 20.8 Å². The normalized spacial score (nSPS) is 34.1. The van der Waals surface area contributed by atoms with E-state index in [0.29, 0.717) is 13.1 Å². The van der Waals surface area contributed by atoms with Gasteiger partial charge in [0.1, 0.15) is 0 Å². The Hall–Kier alpha value is -1.12. The fourth-order valence-corrected chi connectivity index (χ4v) is 3.85. The predicted octanol–water partition coefficient (Wildman–Crippen LogP) is 2.81. The van der Waals surface area contributed by atoms with E-state index in [9.17, 15) is 9.59 Å². The molecule has 0 N–H and O–H groups in total. The van der Waals surface area contributed by atoms with Crippen LogP contribution >= 0.6 is 0 Å². The minimum Gasteiger partial charge on any atom is -0.340 e. The molecular weight excluding hydrogens is 238 g/mol. The summed E-state index contributed by atoms with van der Waals surface area (Å²) in [6.07, 6.45) is 3.61. The van der Waals surface area contributed by atoms with Crippen LogP contribution in [0.4, 0.5) is 0 Å². The summed E-state index contributed by atoms with van der Waals surface area (Å²) >= 11 is 0. The first-order chi connectivity index (χ1) is 8.79. The number of ketones is 1. The lowest BCUT2D eigenvalue weighted by atomic mass is 9.70. The van der Waals surface area contributed by atoms with E-state index in [4.69, 9.17) is 0 Å². The van der Waals surface area contributed by atoms with Crippen LogP contribution in [0.1, 0.15) is 47.5 Å². The first-order valence-electron chi connectivity index (χ1n) is 7.35. The molecule has 2 rings (SSSR count). The summed E-state index contributed by atoms with van der Waals surface area (Å²) in [5.74, 6) is 0.444. The zero-order valence-corrected chi connectivity index (χ0v) is 12.7. The molecule has 19 heavy (non-hydrogen) atoms. The number of likely N-dealkylation sites (N-methyl/N-ethyl adjacent to an activating group) is 1. The third-order valence-corrected chi connectivity index (χ3v) is 5.72. The van der Waals surface area contributed by atoms with Crippen LogP contribution in [0, 0.1) is 16.7 Å². The third kappa shape index (κ3) is 1.78. The van der Waals surface area contributed by atoms with Gasteiger partial charge in [-0.25, -0.2) is 0 Å². The average molecular weight is 263 g/mol. The second-order valence-electron chi connectivity index (χ2n) is 6.58. The summed E-state index contributed by atoms with van der Waals surface area (Å²) in [6, 6.07) is 0. The van der Waals surface area contributed by atoms with E-state index in [1.54, 1.807) is 11.0 Å². The van der Waals surface area contributed by atoms with Gasteiger partial charge < -0.3 is 4.90 Å². The molecule has 2 bridgehead atoms. The van der Waals surface area contributed by atoms with E-state index in [-0.39, 0.29) is 28.4 Å². The van der Waals surface area contributed by atoms with E-state index in [0.717, 1.165) is 18.4 Å². The van der Waals surface area contributed by atoms with Gasteiger partial charge in [-0.05, 0) is 38.0 Å². The molecule has 0 aliphatic heterocycles. The topological polar surface area (TPSA) is 37.4 Å². The molecule has 0 aromatic heterocycles. The van der Waals surface area contributed by atoms with Crippen LogP contribution in [0.25, 0.3) is 0 Å². The maximum atomic E-state index is 12.6. The maximum absolute atomic E-state index is 12.6. The Labute approximate surface area is 116 Å². The van der Waals surface area contributed by atoms with Gasteiger partial charge in [-0.2, -0.15) is 0 Å². The molecule has 0 aromatic carbocycles. The van der Waals surface area contributed by atoms with Crippen LogP contribution < -0.4 is 0 Å². The van der Waals surface area contributed by atoms with Gasteiger partial charge in [-0.15, -0.1) is 0 Å². The average Bonchev–Trinajstić information content (AvgIpc) is 2.65. The van der Waals surface area contributed by atoms with Crippen LogP contribution in [-0.2, 0) is 9.59 Å². The second-order valence-corrected chi connectivity index (χ2v) is 6.58. The van der Waals surface area contributed by atoms with Crippen molar-refractivity contribution in [2.45, 2.75) is 47.5 Å². The Bertz CT molecular complexity index is 446. The molecular formula is C16H25NO2. The number of amides is 1. The van der Waals surface area contributed by atoms with Crippen molar-refractivity contribution in [1.82, 2.24) is 4.90 Å². The lowest BCUT2D eigenvalue weighted by Crippen LogP contribution is -2.33. The minimum absolute atomic E-state index is 0.0136. The molecule has 2 aliphatic rings. The third-order valence-electron chi connectivity index (χ3n) is 5.72. The highest BCUT2D eigenvalue weighted by Gasteiger charge is 2.64. The SMILES string of the molecule is CCN(CC)C(=O)/C=C1\C(=O)[C@]2(C)CC[C@H]1C2(C)C. The van der Waals surface area contributed by atoms with Crippen molar-refractivity contribution in [3.63, 3.8) is 0 Å². The van der Waals surface area contributed by atoms with E-state index in [1.165, 1.54) is 0 Å². The van der Waals surface area contributed by atoms with Crippen molar-refractivity contribution in [3.8, 4) is 0 Å². The number of Topliss-reactive ketones (excluding diaryl/α,β-unsaturated/α-hetero) is 1. The number of rotatable bonds is 3. The van der Waals surface area contributed by atoms with E-state index < -0.39 is 0 Å². The molecule has 0 spiro atoms. The molecule has 0 saturated heterocycles. The Balaban J connectivity index is 2.33. The van der Waals surface area contributed by atoms with Crippen molar-refractivity contribution in [1.29, 1.82) is 0 Å². The zero-order chi connectivity index (χ0) is 14.4. The number of hydrogen-bond acceptors (Lipinski definition) is 2. The second kappa shape index (κ2) is 4.46. The zero-order valence-electron chi connectivity index (χ0n) is 12.7. The molecule has 1 amide bonds. The Morgan fingerprint density at radius 2 is 1.89 bits per heavy atom. The summed E-state index contributed by atoms with van der Waals surface area (Å²) in [7, 11) is 0. The largest absolute Gasteiger partial charge is 0.340 e. The minimum atomic E-state index is -0.271. The lowest BCUT2D eigenvalue weighted by Gasteiger charge is -2.31. The van der Waals surface area contributed by atoms with Crippen molar-refractivity contribution >= 4 is 11.7 Å². The monoisotopic (exact) mass is 263 g/mol. The van der Waals surface area contributed by atoms with Gasteiger partial charge in [0.05, 0.1) is 0 Å². The molecule has 2 saturated carbocycles. The number of hydrogen-bond donors (Lipinski definition) is 0. The summed E-state index contributed by atoms with van der Waals surface area (Å²) in [6.45, 7) is 11.7. The molecule has 0 unspecified atom stereocenters. The van der Waals surface area contributed by atoms with Gasteiger partial charge in [-0.3, -0.25) is 9.59 Å². The van der Waals surface area contributed by atoms with Gasteiger partial charge in [-0.1, -0.05) is 20.8 Å². The van der Waals surface area contributed by atoms with E-state index in [1.807, 2.05) is 13.8 Å². The highest BCUT2D eigenvalue weighted by atomic mass is 16.2. The standard InChI is InChI=1S/C16H25NO2/c1-6-17(7-2)13(18)10-11-12-8-9-16(5,14(11)19)15(12,3)4/h10,12H,6-9H2,1-5H3/b11-10-/t12-,16+/m1/s1. The Kier molecular flexibility index (Phi) is 3.36. The molecule has 0 heterocycles. The first kappa shape index (κ1) is 14.3. The number of carbonyl (C=O) groups is 2. The molecule has 106 valence electrons.